The highest BCUT2D eigenvalue weighted by Crippen LogP contribution is 2.61. The van der Waals surface area contributed by atoms with Crippen molar-refractivity contribution in [2.24, 2.45) is 0 Å². The van der Waals surface area contributed by atoms with Gasteiger partial charge in [0.05, 0.1) is 0 Å². The van der Waals surface area contributed by atoms with Gasteiger partial charge in [-0.25, -0.2) is 0 Å². The summed E-state index contributed by atoms with van der Waals surface area (Å²) in [5.74, 6) is 3.47. The van der Waals surface area contributed by atoms with Crippen LogP contribution in [0.3, 0.4) is 0 Å². The van der Waals surface area contributed by atoms with Crippen molar-refractivity contribution in [1.29, 1.82) is 0 Å². The van der Waals surface area contributed by atoms with Crippen LogP contribution in [0.15, 0.2) is 413 Å². The monoisotopic (exact) mass is 2030 g/mol. The molecule has 0 radical (unpaired) electrons. The molecule has 1 aliphatic rings. The highest BCUT2D eigenvalue weighted by atomic mass is 32.5. The van der Waals surface area contributed by atoms with Crippen LogP contribution in [-0.2, 0) is 92.1 Å². The average molecular weight is 2030 g/mol. The molecule has 4 unspecified atom stereocenters. The van der Waals surface area contributed by atoms with E-state index in [4.69, 9.17) is 110 Å². The maximum absolute atomic E-state index is 15.4. The van der Waals surface area contributed by atoms with Gasteiger partial charge in [0.1, 0.15) is 71.7 Å². The van der Waals surface area contributed by atoms with Crippen molar-refractivity contribution in [3.63, 3.8) is 0 Å². The molecule has 1 aliphatic carbocycles. The Balaban J connectivity index is 1.14. The predicted octanol–water partition coefficient (Wildman–Crippen LogP) is 24.5. The van der Waals surface area contributed by atoms with Gasteiger partial charge in [-0.3, -0.25) is 19.2 Å². The van der Waals surface area contributed by atoms with Crippen molar-refractivity contribution in [3.05, 3.63) is 479 Å². The first-order valence-corrected chi connectivity index (χ1v) is 58.3. The summed E-state index contributed by atoms with van der Waals surface area (Å²) in [4.78, 5) is 61.7. The second kappa shape index (κ2) is 47.6. The van der Waals surface area contributed by atoms with Gasteiger partial charge in [-0.05, 0) is 145 Å². The van der Waals surface area contributed by atoms with Crippen LogP contribution in [0, 0.1) is 49.4 Å². The van der Waals surface area contributed by atoms with E-state index in [1.54, 1.807) is 12.1 Å². The highest BCUT2D eigenvalue weighted by molar-refractivity contribution is 8.21. The average Bonchev–Trinajstić information content (AvgIpc) is 0.730. The lowest BCUT2D eigenvalue weighted by molar-refractivity contribution is -0.134. The maximum Gasteiger partial charge on any atom is 0.323 e. The lowest BCUT2D eigenvalue weighted by Gasteiger charge is -2.35. The van der Waals surface area contributed by atoms with Gasteiger partial charge in [0.25, 0.3) is 0 Å². The van der Waals surface area contributed by atoms with Gasteiger partial charge in [0, 0.05) is 135 Å². The van der Waals surface area contributed by atoms with Crippen molar-refractivity contribution in [2.75, 3.05) is 0 Å². The van der Waals surface area contributed by atoms with Gasteiger partial charge in [0.15, 0.2) is 25.1 Å². The molecule has 0 aliphatic heterocycles. The van der Waals surface area contributed by atoms with E-state index in [1.165, 1.54) is 0 Å². The van der Waals surface area contributed by atoms with E-state index in [0.29, 0.717) is 113 Å². The van der Waals surface area contributed by atoms with E-state index < -0.39 is 98.3 Å². The zero-order valence-electron chi connectivity index (χ0n) is 78.7. The zero-order chi connectivity index (χ0) is 99.8. The molecule has 0 N–H and O–H groups in total. The molecule has 16 aromatic rings. The first kappa shape index (κ1) is 101. The fourth-order valence-electron chi connectivity index (χ4n) is 18.5. The molecule has 144 heavy (non-hydrogen) atoms. The van der Waals surface area contributed by atoms with E-state index in [1.807, 2.05) is 340 Å². The minimum Gasteiger partial charge on any atom is -0.457 e. The number of fused-ring (bicyclic) bond motifs is 8. The summed E-state index contributed by atoms with van der Waals surface area (Å²) in [5, 5.41) is 5.55. The molecule has 0 fully saturated rings. The molecule has 12 nitrogen and oxygen atoms in total. The SMILES string of the molecule is C#CCC(=O)Oc1cc(OC(=O)CC#C)c2cc1C(CCc1ccccc1)c1cc(c(OP(=S)(c3ccccc3)c3ccccc3)cc1OP(=S)(c1ccccc1)c1ccccc1)C(CCc1ccccc1)c1cc(c(OC(=O)CC#C)cc1OC(=O)CC#C)C(CCc1ccccc1)c1cc(c(OP(=S)(c3ccccc3)c3ccccc3)cc1OP(=S)(c1ccccc1)c1ccccc1)C2CCc1ccccc1. The molecule has 0 saturated carbocycles. The summed E-state index contributed by atoms with van der Waals surface area (Å²) in [6.07, 6.45) is 10.2. The highest BCUT2D eigenvalue weighted by Gasteiger charge is 2.42. The molecule has 0 aromatic heterocycles. The molecule has 0 amide bonds. The van der Waals surface area contributed by atoms with Gasteiger partial charge >= 0.3 is 23.9 Å². The Hall–Kier alpha value is -14.6. The van der Waals surface area contributed by atoms with Gasteiger partial charge in [-0.15, -0.1) is 25.7 Å². The molecule has 712 valence electrons. The number of ether oxygens (including phenoxy) is 4. The van der Waals surface area contributed by atoms with Crippen LogP contribution in [0.5, 0.6) is 46.0 Å². The lowest BCUT2D eigenvalue weighted by Crippen LogP contribution is -2.23. The van der Waals surface area contributed by atoms with Crippen molar-refractivity contribution >= 4 is 139 Å². The summed E-state index contributed by atoms with van der Waals surface area (Å²) >= 11 is 29.7. The smallest absolute Gasteiger partial charge is 0.323 e. The van der Waals surface area contributed by atoms with E-state index in [9.17, 15) is 0 Å². The topological polar surface area (TPSA) is 142 Å². The third kappa shape index (κ3) is 23.7. The fraction of sp³-hybridized carbons (Fsp3) is 0.129. The molecule has 0 heterocycles. The molecule has 0 saturated heterocycles. The summed E-state index contributed by atoms with van der Waals surface area (Å²) in [7, 11) is 0. The van der Waals surface area contributed by atoms with Crippen molar-refractivity contribution in [1.82, 2.24) is 0 Å². The van der Waals surface area contributed by atoms with Crippen LogP contribution >= 0.6 is 25.1 Å². The Morgan fingerprint density at radius 1 is 0.208 bits per heavy atom. The van der Waals surface area contributed by atoms with E-state index in [-0.39, 0.29) is 71.7 Å². The first-order chi connectivity index (χ1) is 70.3. The summed E-state index contributed by atoms with van der Waals surface area (Å²) in [5.41, 5.74) is 7.17. The summed E-state index contributed by atoms with van der Waals surface area (Å²) < 4.78 is 61.2. The molecule has 20 heteroatoms. The fourth-order valence-corrected chi connectivity index (χ4v) is 30.7. The Labute approximate surface area is 863 Å². The predicted molar refractivity (Wildman–Crippen MR) is 597 cm³/mol. The molecule has 16 aromatic carbocycles. The van der Waals surface area contributed by atoms with E-state index >= 15 is 19.2 Å². The number of hydrogen-bond acceptors (Lipinski definition) is 16. The van der Waals surface area contributed by atoms with Crippen LogP contribution in [0.2, 0.25) is 0 Å². The molecule has 8 bridgehead atoms. The van der Waals surface area contributed by atoms with Gasteiger partial charge in [0.2, 0.25) is 0 Å². The first-order valence-electron chi connectivity index (χ1n) is 47.4. The number of hydrogen-bond donors (Lipinski definition) is 0. The Morgan fingerprint density at radius 3 is 0.500 bits per heavy atom. The summed E-state index contributed by atoms with van der Waals surface area (Å²) in [6, 6.07) is 134. The van der Waals surface area contributed by atoms with Crippen molar-refractivity contribution in [3.8, 4) is 95.4 Å². The van der Waals surface area contributed by atoms with Crippen LogP contribution in [-0.4, -0.2) is 23.9 Å². The van der Waals surface area contributed by atoms with Gasteiger partial charge in [-0.1, -0.05) is 388 Å². The molecule has 0 spiro atoms. The molecule has 4 atom stereocenters. The number of aryl methyl sites for hydroxylation is 4. The van der Waals surface area contributed by atoms with Gasteiger partial charge in [-0.2, -0.15) is 0 Å². The van der Waals surface area contributed by atoms with E-state index in [2.05, 4.69) is 84.3 Å². The Kier molecular flexibility index (Phi) is 33.3. The standard InChI is InChI=1S/C124H100O12P4S4/c1-5-45-121(125)129-113-85-114(130-122(126)46-6-2)106-81-105(113)101(77-73-89-49-21-9-22-50-89)109-83-110(118(134-138(142,95-61-33-15-34-62-95)96-63-35-16-36-64-96)87-117(109)133-137(141,93-57-29-13-30-58-93)94-59-31-14-32-60-94)103(79-75-91-53-25-11-26-54-91)107-82-108(116(132-124(128)48-8-4)86-115(107)131-123(127)47-7-3)104(80-76-92-55-27-12-28-56-92)112-84-111(102(106)78-74-90-51-23-10-24-52-90)119(135-139(143,97-65-37-17-38-66-97)98-67-39-18-40-68-98)88-120(112)136-140(144,99-69-41-19-42-70-99)100-71-43-20-44-72-100/h1-4,9-44,49-72,81-88,101-104H,45-48,73-80H2. The normalized spacial score (nSPS) is 13.8. The molecule has 17 rings (SSSR count). The van der Waals surface area contributed by atoms with Crippen molar-refractivity contribution in [2.45, 2.75) is 101 Å². The Bertz CT molecular complexity index is 6600. The van der Waals surface area contributed by atoms with Crippen LogP contribution in [0.4, 0.5) is 0 Å². The second-order valence-corrected chi connectivity index (χ2v) is 50.1. The van der Waals surface area contributed by atoms with Crippen molar-refractivity contribution < 1.29 is 56.2 Å². The summed E-state index contributed by atoms with van der Waals surface area (Å²) in [6.45, 7) is 0. The number of terminal acetylenes is 4. The number of rotatable bonds is 36. The third-order valence-electron chi connectivity index (χ3n) is 25.4. The quantitative estimate of drug-likeness (QED) is 0.0159. The maximum atomic E-state index is 15.4. The number of esters is 4. The zero-order valence-corrected chi connectivity index (χ0v) is 85.5. The Morgan fingerprint density at radius 2 is 0.347 bits per heavy atom. The van der Waals surface area contributed by atoms with E-state index in [0.717, 1.165) is 22.3 Å². The third-order valence-corrected chi connectivity index (χ3v) is 41.0. The number of carbonyl (C=O) groups excluding carboxylic acids is 4. The largest absolute Gasteiger partial charge is 0.457 e. The number of benzene rings is 16. The second-order valence-electron chi connectivity index (χ2n) is 34.7. The van der Waals surface area contributed by atoms with Crippen LogP contribution < -0.4 is 79.5 Å². The minimum atomic E-state index is -3.69. The number of carbonyl (C=O) groups is 4. The lowest BCUT2D eigenvalue weighted by atomic mass is 9.76. The van der Waals surface area contributed by atoms with Gasteiger partial charge < -0.3 is 37.0 Å². The van der Waals surface area contributed by atoms with Crippen LogP contribution in [0.25, 0.3) is 0 Å². The van der Waals surface area contributed by atoms with Crippen LogP contribution in [0.1, 0.15) is 142 Å². The molecular formula is C124H100O12P4S4. The minimum absolute atomic E-state index is 0.0494. The molecular weight excluding hydrogens is 1930 g/mol.